The Morgan fingerprint density at radius 3 is 2.76 bits per heavy atom. The van der Waals surface area contributed by atoms with Crippen LogP contribution in [-0.4, -0.2) is 53.8 Å². The van der Waals surface area contributed by atoms with Crippen LogP contribution in [0.4, 0.5) is 10.3 Å². The highest BCUT2D eigenvalue weighted by atomic mass is 19.1. The Morgan fingerprint density at radius 1 is 1.24 bits per heavy atom. The van der Waals surface area contributed by atoms with Crippen LogP contribution in [-0.2, 0) is 4.79 Å². The zero-order valence-electron chi connectivity index (χ0n) is 18.4. The molecule has 2 aromatic heterocycles. The van der Waals surface area contributed by atoms with Gasteiger partial charge in [-0.05, 0) is 54.5 Å². The summed E-state index contributed by atoms with van der Waals surface area (Å²) in [6.07, 6.45) is 2.40. The normalized spacial score (nSPS) is 11.9. The van der Waals surface area contributed by atoms with Crippen LogP contribution < -0.4 is 11.1 Å². The minimum absolute atomic E-state index is 0.307. The summed E-state index contributed by atoms with van der Waals surface area (Å²) in [5.41, 5.74) is 8.90. The van der Waals surface area contributed by atoms with Gasteiger partial charge in [-0.3, -0.25) is 4.79 Å². The lowest BCUT2D eigenvalue weighted by molar-refractivity contribution is -0.138. The van der Waals surface area contributed by atoms with Crippen LogP contribution in [0.15, 0.2) is 54.7 Å². The van der Waals surface area contributed by atoms with E-state index in [0.717, 1.165) is 11.3 Å². The number of aromatic nitrogens is 6. The molecule has 1 unspecified atom stereocenters. The SMILES string of the molecule is Cc1ccc(-n2nnnc2-c2cnc(NCCCC(N)C(=O)O)nc2-c2cccc(F)c2)cc1. The van der Waals surface area contributed by atoms with Gasteiger partial charge in [-0.25, -0.2) is 14.4 Å². The molecule has 0 amide bonds. The van der Waals surface area contributed by atoms with E-state index < -0.39 is 17.8 Å². The van der Waals surface area contributed by atoms with Crippen molar-refractivity contribution in [3.63, 3.8) is 0 Å². The highest BCUT2D eigenvalue weighted by Gasteiger charge is 2.19. The molecule has 4 rings (SSSR count). The summed E-state index contributed by atoms with van der Waals surface area (Å²) in [5.74, 6) is -0.735. The number of tetrazole rings is 1. The smallest absolute Gasteiger partial charge is 0.320 e. The number of rotatable bonds is 9. The minimum atomic E-state index is -1.04. The summed E-state index contributed by atoms with van der Waals surface area (Å²) in [6.45, 7) is 2.41. The summed E-state index contributed by atoms with van der Waals surface area (Å²) in [6, 6.07) is 12.8. The fourth-order valence-corrected chi connectivity index (χ4v) is 3.35. The van der Waals surface area contributed by atoms with E-state index in [1.54, 1.807) is 23.0 Å². The van der Waals surface area contributed by atoms with Crippen molar-refractivity contribution in [3.8, 4) is 28.3 Å². The number of nitrogens with zero attached hydrogens (tertiary/aromatic N) is 6. The van der Waals surface area contributed by atoms with Gasteiger partial charge in [0.25, 0.3) is 0 Å². The van der Waals surface area contributed by atoms with E-state index >= 15 is 0 Å². The summed E-state index contributed by atoms with van der Waals surface area (Å²) in [4.78, 5) is 19.8. The van der Waals surface area contributed by atoms with Gasteiger partial charge in [-0.1, -0.05) is 29.8 Å². The van der Waals surface area contributed by atoms with E-state index in [9.17, 15) is 9.18 Å². The number of hydrogen-bond donors (Lipinski definition) is 3. The van der Waals surface area contributed by atoms with Crippen molar-refractivity contribution < 1.29 is 14.3 Å². The summed E-state index contributed by atoms with van der Waals surface area (Å²) < 4.78 is 15.6. The number of carboxylic acid groups (broad SMARTS) is 1. The Labute approximate surface area is 194 Å². The summed E-state index contributed by atoms with van der Waals surface area (Å²) in [5, 5.41) is 24.1. The maximum Gasteiger partial charge on any atom is 0.320 e. The predicted molar refractivity (Wildman–Crippen MR) is 124 cm³/mol. The first-order valence-corrected chi connectivity index (χ1v) is 10.6. The quantitative estimate of drug-likeness (QED) is 0.320. The van der Waals surface area contributed by atoms with Crippen LogP contribution in [0.5, 0.6) is 0 Å². The number of aliphatic carboxylic acids is 1. The van der Waals surface area contributed by atoms with E-state index in [2.05, 4.69) is 30.8 Å². The molecular weight excluding hydrogens is 439 g/mol. The van der Waals surface area contributed by atoms with Crippen LogP contribution in [0, 0.1) is 12.7 Å². The standard InChI is InChI=1S/C23H23FN8O2/c1-14-7-9-17(10-8-14)32-21(29-30-31-32)18-13-27-23(26-11-3-6-19(25)22(33)34)28-20(18)15-4-2-5-16(24)12-15/h2,4-5,7-10,12-13,19H,3,6,11,25H2,1H3,(H,33,34)(H,26,27,28). The van der Waals surface area contributed by atoms with Crippen molar-refractivity contribution in [1.29, 1.82) is 0 Å². The molecular formula is C23H23FN8O2. The lowest BCUT2D eigenvalue weighted by Crippen LogP contribution is -2.30. The molecule has 0 aliphatic heterocycles. The van der Waals surface area contributed by atoms with E-state index in [0.29, 0.717) is 48.0 Å². The van der Waals surface area contributed by atoms with Crippen molar-refractivity contribution in [1.82, 2.24) is 30.2 Å². The summed E-state index contributed by atoms with van der Waals surface area (Å²) >= 11 is 0. The number of carbonyl (C=O) groups is 1. The molecule has 0 saturated carbocycles. The van der Waals surface area contributed by atoms with Crippen molar-refractivity contribution in [3.05, 3.63) is 66.1 Å². The molecule has 0 radical (unpaired) electrons. The van der Waals surface area contributed by atoms with Crippen LogP contribution in [0.3, 0.4) is 0 Å². The van der Waals surface area contributed by atoms with E-state index in [4.69, 9.17) is 10.8 Å². The van der Waals surface area contributed by atoms with Gasteiger partial charge in [0.2, 0.25) is 5.95 Å². The van der Waals surface area contributed by atoms with Crippen molar-refractivity contribution in [2.24, 2.45) is 5.73 Å². The molecule has 0 bridgehead atoms. The van der Waals surface area contributed by atoms with E-state index in [1.807, 2.05) is 31.2 Å². The van der Waals surface area contributed by atoms with Crippen LogP contribution in [0.2, 0.25) is 0 Å². The zero-order valence-corrected chi connectivity index (χ0v) is 18.4. The third-order valence-corrected chi connectivity index (χ3v) is 5.17. The number of aryl methyl sites for hydroxylation is 1. The minimum Gasteiger partial charge on any atom is -0.480 e. The molecule has 11 heteroatoms. The molecule has 0 aliphatic carbocycles. The fourth-order valence-electron chi connectivity index (χ4n) is 3.35. The highest BCUT2D eigenvalue weighted by molar-refractivity contribution is 5.78. The molecule has 0 aliphatic rings. The number of anilines is 1. The molecule has 174 valence electrons. The number of nitrogens with one attached hydrogen (secondary N) is 1. The third kappa shape index (κ3) is 5.21. The average molecular weight is 462 g/mol. The van der Waals surface area contributed by atoms with Gasteiger partial charge in [0.1, 0.15) is 11.9 Å². The van der Waals surface area contributed by atoms with Gasteiger partial charge in [0.15, 0.2) is 5.82 Å². The van der Waals surface area contributed by atoms with Gasteiger partial charge < -0.3 is 16.2 Å². The molecule has 10 nitrogen and oxygen atoms in total. The van der Waals surface area contributed by atoms with Gasteiger partial charge >= 0.3 is 5.97 Å². The number of carboxylic acids is 1. The molecule has 4 aromatic rings. The van der Waals surface area contributed by atoms with Gasteiger partial charge in [-0.15, -0.1) is 5.10 Å². The monoisotopic (exact) mass is 462 g/mol. The molecule has 0 spiro atoms. The number of hydrogen-bond acceptors (Lipinski definition) is 8. The average Bonchev–Trinajstić information content (AvgIpc) is 3.31. The Kier molecular flexibility index (Phi) is 6.83. The Hall–Kier alpha value is -4.25. The Balaban J connectivity index is 1.68. The van der Waals surface area contributed by atoms with Crippen LogP contribution in [0.1, 0.15) is 18.4 Å². The zero-order chi connectivity index (χ0) is 24.1. The largest absolute Gasteiger partial charge is 0.480 e. The van der Waals surface area contributed by atoms with Gasteiger partial charge in [0.05, 0.1) is 16.9 Å². The third-order valence-electron chi connectivity index (χ3n) is 5.17. The summed E-state index contributed by atoms with van der Waals surface area (Å²) in [7, 11) is 0. The molecule has 1 atom stereocenters. The molecule has 2 heterocycles. The molecule has 0 fully saturated rings. The van der Waals surface area contributed by atoms with Gasteiger partial charge in [0, 0.05) is 18.3 Å². The van der Waals surface area contributed by atoms with Crippen molar-refractivity contribution >= 4 is 11.9 Å². The Morgan fingerprint density at radius 2 is 2.03 bits per heavy atom. The lowest BCUT2D eigenvalue weighted by atomic mass is 10.1. The topological polar surface area (TPSA) is 145 Å². The predicted octanol–water partition coefficient (Wildman–Crippen LogP) is 2.84. The first-order valence-electron chi connectivity index (χ1n) is 10.6. The lowest BCUT2D eigenvalue weighted by Gasteiger charge is -2.12. The molecule has 0 saturated heterocycles. The Bertz CT molecular complexity index is 1290. The molecule has 34 heavy (non-hydrogen) atoms. The first-order chi connectivity index (χ1) is 16.4. The maximum absolute atomic E-state index is 14.0. The van der Waals surface area contributed by atoms with Gasteiger partial charge in [-0.2, -0.15) is 4.68 Å². The second kappa shape index (κ2) is 10.1. The first kappa shape index (κ1) is 22.9. The van der Waals surface area contributed by atoms with E-state index in [-0.39, 0.29) is 0 Å². The number of halogens is 1. The van der Waals surface area contributed by atoms with Crippen molar-refractivity contribution in [2.75, 3.05) is 11.9 Å². The second-order valence-electron chi connectivity index (χ2n) is 7.73. The number of benzene rings is 2. The van der Waals surface area contributed by atoms with Crippen LogP contribution in [0.25, 0.3) is 28.3 Å². The molecule has 2 aromatic carbocycles. The fraction of sp³-hybridized carbons (Fsp3) is 0.217. The molecule has 4 N–H and O–H groups in total. The maximum atomic E-state index is 14.0. The van der Waals surface area contributed by atoms with Crippen molar-refractivity contribution in [2.45, 2.75) is 25.8 Å². The second-order valence-corrected chi connectivity index (χ2v) is 7.73. The van der Waals surface area contributed by atoms with E-state index in [1.165, 1.54) is 12.1 Å². The van der Waals surface area contributed by atoms with Crippen LogP contribution >= 0.6 is 0 Å². The number of nitrogens with two attached hydrogens (primary N) is 1. The highest BCUT2D eigenvalue weighted by Crippen LogP contribution is 2.31.